The number of aryl methyl sites for hydroxylation is 8. The molecule has 49 heavy (non-hydrogen) atoms. The first-order valence-corrected chi connectivity index (χ1v) is 19.2. The van der Waals surface area contributed by atoms with Gasteiger partial charge in [-0.1, -0.05) is 97.8 Å². The van der Waals surface area contributed by atoms with E-state index in [0.717, 1.165) is 66.4 Å². The van der Waals surface area contributed by atoms with Crippen LogP contribution in [-0.2, 0) is 17.4 Å². The smallest absolute Gasteiger partial charge is 0.248 e. The van der Waals surface area contributed by atoms with E-state index in [0.29, 0.717) is 11.1 Å². The summed E-state index contributed by atoms with van der Waals surface area (Å²) in [6.07, 6.45) is 1.94. The molecule has 0 bridgehead atoms. The Balaban J connectivity index is 0.000000211. The molecule has 1 heterocycles. The van der Waals surface area contributed by atoms with Gasteiger partial charge in [-0.25, -0.2) is 0 Å². The Labute approximate surface area is 293 Å². The van der Waals surface area contributed by atoms with E-state index in [1.165, 1.54) is 11.1 Å². The fraction of sp³-hybridized carbons (Fsp3) is 0.233. The monoisotopic (exact) mass is 686 g/mol. The van der Waals surface area contributed by atoms with Crippen LogP contribution in [0.25, 0.3) is 20.2 Å². The zero-order chi connectivity index (χ0) is 35.6. The van der Waals surface area contributed by atoms with Crippen LogP contribution in [0.4, 0.5) is 0 Å². The Hall–Kier alpha value is -4.44. The Morgan fingerprint density at radius 1 is 0.612 bits per heavy atom. The van der Waals surface area contributed by atoms with Gasteiger partial charge in [0.1, 0.15) is 0 Å². The zero-order valence-corrected chi connectivity index (χ0v) is 31.3. The maximum atomic E-state index is 14.5. The number of carbonyl (C=O) groups is 2. The van der Waals surface area contributed by atoms with E-state index in [1.807, 2.05) is 90.1 Å². The molecule has 0 aliphatic rings. The van der Waals surface area contributed by atoms with Crippen LogP contribution in [-0.4, -0.2) is 11.0 Å². The number of carbonyl (C=O) groups excluding carboxylic acids is 2. The highest BCUT2D eigenvalue weighted by Crippen LogP contribution is 2.52. The molecule has 6 aromatic rings. The Kier molecular flexibility index (Phi) is 10.7. The third-order valence-corrected chi connectivity index (χ3v) is 13.0. The van der Waals surface area contributed by atoms with Crippen molar-refractivity contribution in [1.82, 2.24) is 0 Å². The summed E-state index contributed by atoms with van der Waals surface area (Å²) < 4.78 is 16.7. The molecule has 1 aromatic heterocycles. The molecule has 0 fully saturated rings. The van der Waals surface area contributed by atoms with Gasteiger partial charge in [-0.05, 0) is 106 Å². The third-order valence-electron chi connectivity index (χ3n) is 9.08. The quantitative estimate of drug-likeness (QED) is 0.124. The van der Waals surface area contributed by atoms with Gasteiger partial charge in [-0.15, -0.1) is 11.3 Å². The maximum Gasteiger partial charge on any atom is 0.248 e. The Bertz CT molecular complexity index is 2230. The van der Waals surface area contributed by atoms with Crippen molar-refractivity contribution in [2.45, 2.75) is 68.2 Å². The van der Waals surface area contributed by atoms with Crippen molar-refractivity contribution in [3.05, 3.63) is 157 Å². The molecule has 0 atom stereocenters. The topological polar surface area (TPSA) is 68.3 Å². The summed E-state index contributed by atoms with van der Waals surface area (Å²) in [7, 11) is -4.11. The molecule has 5 aromatic carbocycles. The number of hydrogen-bond donors (Lipinski definition) is 0. The lowest BCUT2D eigenvalue weighted by Crippen LogP contribution is -2.23. The molecule has 0 amide bonds. The molecule has 0 radical (unpaired) electrons. The number of fused-ring (bicyclic) bond motifs is 2. The zero-order valence-electron chi connectivity index (χ0n) is 29.6. The van der Waals surface area contributed by atoms with Crippen molar-refractivity contribution in [1.29, 1.82) is 0 Å². The fourth-order valence-electron chi connectivity index (χ4n) is 6.82. The van der Waals surface area contributed by atoms with E-state index < -0.39 is 18.2 Å². The normalized spacial score (nSPS) is 11.3. The minimum Gasteiger partial charge on any atom is -0.302 e. The predicted octanol–water partition coefficient (Wildman–Crippen LogP) is 10.7. The van der Waals surface area contributed by atoms with E-state index in [-0.39, 0.29) is 10.7 Å². The van der Waals surface area contributed by atoms with Gasteiger partial charge in [-0.3, -0.25) is 14.4 Å². The van der Waals surface area contributed by atoms with Crippen LogP contribution in [0.2, 0.25) is 0 Å². The van der Waals surface area contributed by atoms with Crippen molar-refractivity contribution in [3.63, 3.8) is 0 Å². The summed E-state index contributed by atoms with van der Waals surface area (Å²) in [5.74, 6) is 0. The molecule has 0 unspecified atom stereocenters. The molecular formula is C43H43O4PS. The summed E-state index contributed by atoms with van der Waals surface area (Å²) in [5, 5.41) is 2.01. The summed E-state index contributed by atoms with van der Waals surface area (Å²) in [6, 6.07) is 28.2. The summed E-state index contributed by atoms with van der Waals surface area (Å²) in [5.41, 5.74) is 7.28. The molecule has 6 heteroatoms. The van der Waals surface area contributed by atoms with Gasteiger partial charge in [0, 0.05) is 36.6 Å². The van der Waals surface area contributed by atoms with E-state index in [9.17, 15) is 18.9 Å². The second-order valence-corrected chi connectivity index (χ2v) is 16.5. The van der Waals surface area contributed by atoms with Gasteiger partial charge in [0.05, 0.1) is 0 Å². The lowest BCUT2D eigenvalue weighted by molar-refractivity contribution is 0.104. The molecule has 0 N–H and O–H groups in total. The van der Waals surface area contributed by atoms with Gasteiger partial charge in [-0.2, -0.15) is 0 Å². The Morgan fingerprint density at radius 3 is 1.59 bits per heavy atom. The highest BCUT2D eigenvalue weighted by molar-refractivity contribution is 8.01. The minimum atomic E-state index is -4.11. The van der Waals surface area contributed by atoms with Crippen molar-refractivity contribution in [2.75, 3.05) is 0 Å². The molecule has 250 valence electrons. The standard InChI is InChI=1S/C26H27O3P.C17H16OS/c1-16-12-18(3)23(19(4)13-16)25(27)30(29,22-10-8-7-9-11-22)26(28)24-20(5)14-17(2)15-21(24)6;1-3-11-9-12(4-2)17-14(10-11)16(18)13-7-5-6-8-15(13)19-17/h7-15H,1-6H3;5-10H,3-4H2,1-2H3. The van der Waals surface area contributed by atoms with E-state index in [1.54, 1.807) is 41.7 Å². The number of benzene rings is 5. The maximum absolute atomic E-state index is 14.5. The first-order valence-electron chi connectivity index (χ1n) is 16.7. The van der Waals surface area contributed by atoms with Crippen LogP contribution in [0.5, 0.6) is 0 Å². The van der Waals surface area contributed by atoms with Gasteiger partial charge in [0.2, 0.25) is 18.2 Å². The van der Waals surface area contributed by atoms with E-state index in [2.05, 4.69) is 26.0 Å². The minimum absolute atomic E-state index is 0.175. The second-order valence-electron chi connectivity index (χ2n) is 12.9. The van der Waals surface area contributed by atoms with Gasteiger partial charge in [0.15, 0.2) is 5.43 Å². The summed E-state index contributed by atoms with van der Waals surface area (Å²) >= 11 is 1.74. The van der Waals surface area contributed by atoms with Gasteiger partial charge >= 0.3 is 0 Å². The molecule has 6 rings (SSSR count). The van der Waals surface area contributed by atoms with Crippen molar-refractivity contribution in [3.8, 4) is 0 Å². The average molecular weight is 687 g/mol. The molecule has 0 saturated carbocycles. The van der Waals surface area contributed by atoms with Crippen LogP contribution in [0.1, 0.15) is 79.1 Å². The van der Waals surface area contributed by atoms with E-state index in [4.69, 9.17) is 0 Å². The van der Waals surface area contributed by atoms with Gasteiger partial charge in [0.25, 0.3) is 0 Å². The van der Waals surface area contributed by atoms with Crippen LogP contribution in [0.15, 0.2) is 95.8 Å². The predicted molar refractivity (Wildman–Crippen MR) is 208 cm³/mol. The van der Waals surface area contributed by atoms with Crippen molar-refractivity contribution in [2.24, 2.45) is 0 Å². The second kappa shape index (κ2) is 14.6. The largest absolute Gasteiger partial charge is 0.302 e. The average Bonchev–Trinajstić information content (AvgIpc) is 3.07. The van der Waals surface area contributed by atoms with Crippen molar-refractivity contribution >= 4 is 55.0 Å². The number of rotatable bonds is 7. The molecule has 4 nitrogen and oxygen atoms in total. The summed E-state index contributed by atoms with van der Waals surface area (Å²) in [6.45, 7) is 15.5. The summed E-state index contributed by atoms with van der Waals surface area (Å²) in [4.78, 5) is 40.3. The van der Waals surface area contributed by atoms with Crippen LogP contribution >= 0.6 is 18.5 Å². The molecule has 0 spiro atoms. The molecule has 0 aliphatic carbocycles. The first-order chi connectivity index (χ1) is 23.3. The SMILES string of the molecule is CCc1cc(CC)c2sc3ccccc3c(=O)c2c1.Cc1cc(C)c(C(=O)P(=O)(C(=O)c2c(C)cc(C)cc2C)c2ccccc2)c(C)c1. The molecular weight excluding hydrogens is 644 g/mol. The highest BCUT2D eigenvalue weighted by atomic mass is 32.1. The fourth-order valence-corrected chi connectivity index (χ4v) is 10.6. The van der Waals surface area contributed by atoms with Crippen LogP contribution in [0.3, 0.4) is 0 Å². The highest BCUT2D eigenvalue weighted by Gasteiger charge is 2.44. The molecule has 0 saturated heterocycles. The third kappa shape index (κ3) is 6.88. The van der Waals surface area contributed by atoms with Crippen molar-refractivity contribution < 1.29 is 14.2 Å². The van der Waals surface area contributed by atoms with E-state index >= 15 is 0 Å². The number of hydrogen-bond acceptors (Lipinski definition) is 5. The first kappa shape index (κ1) is 35.9. The Morgan fingerprint density at radius 2 is 1.10 bits per heavy atom. The van der Waals surface area contributed by atoms with Crippen LogP contribution in [0, 0.1) is 41.5 Å². The lowest BCUT2D eigenvalue weighted by Gasteiger charge is -2.21. The van der Waals surface area contributed by atoms with Gasteiger partial charge < -0.3 is 4.57 Å². The molecule has 0 aliphatic heterocycles. The van der Waals surface area contributed by atoms with Crippen LogP contribution < -0.4 is 10.7 Å². The lowest BCUT2D eigenvalue weighted by atomic mass is 10.0.